The number of hydrogen-bond donors (Lipinski definition) is 1. The zero-order valence-electron chi connectivity index (χ0n) is 14.8. The van der Waals surface area contributed by atoms with Crippen molar-refractivity contribution < 1.29 is 18.7 Å². The molecular formula is C19H19N3O4. The number of esters is 1. The van der Waals surface area contributed by atoms with Crippen molar-refractivity contribution in [3.63, 3.8) is 0 Å². The number of aromatic nitrogens is 2. The van der Waals surface area contributed by atoms with E-state index in [0.717, 1.165) is 11.1 Å². The quantitative estimate of drug-likeness (QED) is 0.679. The molecule has 0 saturated heterocycles. The molecule has 0 unspecified atom stereocenters. The van der Waals surface area contributed by atoms with E-state index in [0.29, 0.717) is 28.8 Å². The van der Waals surface area contributed by atoms with Crippen molar-refractivity contribution in [2.45, 2.75) is 13.5 Å². The monoisotopic (exact) mass is 353 g/mol. The van der Waals surface area contributed by atoms with E-state index in [1.54, 1.807) is 13.2 Å². The molecule has 0 fully saturated rings. The average Bonchev–Trinajstić information content (AvgIpc) is 3.15. The van der Waals surface area contributed by atoms with Gasteiger partial charge in [-0.05, 0) is 31.2 Å². The Morgan fingerprint density at radius 3 is 2.73 bits per heavy atom. The third-order valence-electron chi connectivity index (χ3n) is 3.81. The molecule has 0 saturated carbocycles. The SMILES string of the molecule is COC(=O)c1cc(C)ccc1NCc1nnc(-c2ccccc2OC)o1. The average molecular weight is 353 g/mol. The standard InChI is InChI=1S/C19H19N3O4/c1-12-8-9-15(14(10-12)19(23)25-3)20-11-17-21-22-18(26-17)13-6-4-5-7-16(13)24-2/h4-10,20H,11H2,1-3H3. The summed E-state index contributed by atoms with van der Waals surface area (Å²) in [4.78, 5) is 11.9. The minimum Gasteiger partial charge on any atom is -0.496 e. The van der Waals surface area contributed by atoms with Crippen LogP contribution in [-0.4, -0.2) is 30.4 Å². The molecule has 0 aliphatic rings. The summed E-state index contributed by atoms with van der Waals surface area (Å²) in [5.74, 6) is 1.01. The minimum absolute atomic E-state index is 0.273. The fraction of sp³-hybridized carbons (Fsp3) is 0.211. The lowest BCUT2D eigenvalue weighted by atomic mass is 10.1. The van der Waals surface area contributed by atoms with Crippen molar-refractivity contribution in [3.8, 4) is 17.2 Å². The maximum absolute atomic E-state index is 11.9. The Balaban J connectivity index is 1.78. The molecule has 2 aromatic carbocycles. The molecule has 0 aliphatic heterocycles. The Hall–Kier alpha value is -3.35. The predicted molar refractivity (Wildman–Crippen MR) is 96.1 cm³/mol. The Labute approximate surface area is 151 Å². The second kappa shape index (κ2) is 7.69. The first kappa shape index (κ1) is 17.5. The highest BCUT2D eigenvalue weighted by atomic mass is 16.5. The molecule has 0 atom stereocenters. The molecule has 7 nitrogen and oxygen atoms in total. The Bertz CT molecular complexity index is 921. The fourth-order valence-electron chi connectivity index (χ4n) is 2.52. The van der Waals surface area contributed by atoms with E-state index >= 15 is 0 Å². The van der Waals surface area contributed by atoms with Crippen LogP contribution in [0.25, 0.3) is 11.5 Å². The zero-order valence-corrected chi connectivity index (χ0v) is 14.8. The van der Waals surface area contributed by atoms with E-state index in [4.69, 9.17) is 13.9 Å². The largest absolute Gasteiger partial charge is 0.496 e. The van der Waals surface area contributed by atoms with Gasteiger partial charge in [-0.1, -0.05) is 23.8 Å². The van der Waals surface area contributed by atoms with Crippen LogP contribution in [0.4, 0.5) is 5.69 Å². The van der Waals surface area contributed by atoms with Crippen LogP contribution in [0, 0.1) is 6.92 Å². The van der Waals surface area contributed by atoms with Gasteiger partial charge in [0.25, 0.3) is 5.89 Å². The van der Waals surface area contributed by atoms with Crippen LogP contribution in [-0.2, 0) is 11.3 Å². The first-order valence-electron chi connectivity index (χ1n) is 8.01. The lowest BCUT2D eigenvalue weighted by Crippen LogP contribution is -2.08. The van der Waals surface area contributed by atoms with Gasteiger partial charge in [-0.2, -0.15) is 0 Å². The lowest BCUT2D eigenvalue weighted by molar-refractivity contribution is 0.0601. The van der Waals surface area contributed by atoms with E-state index in [1.807, 2.05) is 43.3 Å². The number of benzene rings is 2. The van der Waals surface area contributed by atoms with Gasteiger partial charge in [0.2, 0.25) is 5.89 Å². The summed E-state index contributed by atoms with van der Waals surface area (Å²) in [7, 11) is 2.94. The molecule has 0 aliphatic carbocycles. The third kappa shape index (κ3) is 3.66. The summed E-state index contributed by atoms with van der Waals surface area (Å²) in [6.07, 6.45) is 0. The molecule has 3 aromatic rings. The van der Waals surface area contributed by atoms with Crippen LogP contribution in [0.3, 0.4) is 0 Å². The van der Waals surface area contributed by atoms with Gasteiger partial charge in [0, 0.05) is 5.69 Å². The number of carbonyl (C=O) groups excluding carboxylic acids is 1. The number of ether oxygens (including phenoxy) is 2. The van der Waals surface area contributed by atoms with Crippen LogP contribution < -0.4 is 10.1 Å². The molecule has 0 bridgehead atoms. The van der Waals surface area contributed by atoms with Gasteiger partial charge in [-0.3, -0.25) is 0 Å². The molecule has 26 heavy (non-hydrogen) atoms. The van der Waals surface area contributed by atoms with Crippen molar-refractivity contribution >= 4 is 11.7 Å². The number of nitrogens with one attached hydrogen (secondary N) is 1. The number of hydrogen-bond acceptors (Lipinski definition) is 7. The smallest absolute Gasteiger partial charge is 0.339 e. The molecule has 1 aromatic heterocycles. The number of aryl methyl sites for hydroxylation is 1. The van der Waals surface area contributed by atoms with E-state index in [-0.39, 0.29) is 6.54 Å². The van der Waals surface area contributed by atoms with E-state index in [9.17, 15) is 4.79 Å². The first-order valence-corrected chi connectivity index (χ1v) is 8.01. The summed E-state index contributed by atoms with van der Waals surface area (Å²) < 4.78 is 15.8. The van der Waals surface area contributed by atoms with Crippen molar-refractivity contribution in [1.82, 2.24) is 10.2 Å². The molecule has 0 spiro atoms. The van der Waals surface area contributed by atoms with Crippen LogP contribution in [0.1, 0.15) is 21.8 Å². The second-order valence-electron chi connectivity index (χ2n) is 5.60. The topological polar surface area (TPSA) is 86.5 Å². The van der Waals surface area contributed by atoms with E-state index in [2.05, 4.69) is 15.5 Å². The van der Waals surface area contributed by atoms with E-state index in [1.165, 1.54) is 7.11 Å². The van der Waals surface area contributed by atoms with Crippen LogP contribution in [0.15, 0.2) is 46.9 Å². The molecule has 0 radical (unpaired) electrons. The highest BCUT2D eigenvalue weighted by molar-refractivity contribution is 5.95. The van der Waals surface area contributed by atoms with Crippen LogP contribution in [0.2, 0.25) is 0 Å². The molecule has 1 N–H and O–H groups in total. The molecule has 3 rings (SSSR count). The number of methoxy groups -OCH3 is 2. The number of carbonyl (C=O) groups is 1. The highest BCUT2D eigenvalue weighted by Crippen LogP contribution is 2.28. The minimum atomic E-state index is -0.406. The Kier molecular flexibility index (Phi) is 5.17. The number of para-hydroxylation sites is 1. The van der Waals surface area contributed by atoms with Crippen molar-refractivity contribution in [1.29, 1.82) is 0 Å². The number of anilines is 1. The lowest BCUT2D eigenvalue weighted by Gasteiger charge is -2.10. The van der Waals surface area contributed by atoms with Gasteiger partial charge in [-0.15, -0.1) is 10.2 Å². The maximum atomic E-state index is 11.9. The van der Waals surface area contributed by atoms with Gasteiger partial charge >= 0.3 is 5.97 Å². The Morgan fingerprint density at radius 1 is 1.15 bits per heavy atom. The molecule has 1 heterocycles. The summed E-state index contributed by atoms with van der Waals surface area (Å²) in [6, 6.07) is 12.9. The molecular weight excluding hydrogens is 334 g/mol. The van der Waals surface area contributed by atoms with Crippen molar-refractivity contribution in [2.75, 3.05) is 19.5 Å². The predicted octanol–water partition coefficient (Wildman–Crippen LogP) is 3.45. The normalized spacial score (nSPS) is 10.4. The van der Waals surface area contributed by atoms with Gasteiger partial charge < -0.3 is 19.2 Å². The molecule has 7 heteroatoms. The summed E-state index contributed by atoms with van der Waals surface area (Å²) in [6.45, 7) is 2.18. The third-order valence-corrected chi connectivity index (χ3v) is 3.81. The number of nitrogens with zero attached hydrogens (tertiary/aromatic N) is 2. The number of rotatable bonds is 6. The van der Waals surface area contributed by atoms with Gasteiger partial charge in [0.05, 0.1) is 31.9 Å². The van der Waals surface area contributed by atoms with Crippen molar-refractivity contribution in [3.05, 3.63) is 59.5 Å². The zero-order chi connectivity index (χ0) is 18.5. The Morgan fingerprint density at radius 2 is 1.96 bits per heavy atom. The molecule has 134 valence electrons. The van der Waals surface area contributed by atoms with Crippen LogP contribution >= 0.6 is 0 Å². The highest BCUT2D eigenvalue weighted by Gasteiger charge is 2.15. The van der Waals surface area contributed by atoms with Gasteiger partial charge in [0.1, 0.15) is 5.75 Å². The second-order valence-corrected chi connectivity index (χ2v) is 5.60. The van der Waals surface area contributed by atoms with Gasteiger partial charge in [-0.25, -0.2) is 4.79 Å². The fourth-order valence-corrected chi connectivity index (χ4v) is 2.52. The van der Waals surface area contributed by atoms with Crippen molar-refractivity contribution in [2.24, 2.45) is 0 Å². The summed E-state index contributed by atoms with van der Waals surface area (Å²) in [5.41, 5.74) is 2.78. The van der Waals surface area contributed by atoms with E-state index < -0.39 is 5.97 Å². The summed E-state index contributed by atoms with van der Waals surface area (Å²) >= 11 is 0. The van der Waals surface area contributed by atoms with Crippen LogP contribution in [0.5, 0.6) is 5.75 Å². The molecule has 0 amide bonds. The maximum Gasteiger partial charge on any atom is 0.339 e. The first-order chi connectivity index (χ1) is 12.6. The summed E-state index contributed by atoms with van der Waals surface area (Å²) in [5, 5.41) is 11.2. The van der Waals surface area contributed by atoms with Gasteiger partial charge in [0.15, 0.2) is 0 Å².